The maximum absolute atomic E-state index is 13.0. The Morgan fingerprint density at radius 3 is 0.721 bits per heavy atom. The molecule has 19 heteroatoms. The summed E-state index contributed by atoms with van der Waals surface area (Å²) in [7, 11) is -9.90. The highest BCUT2D eigenvalue weighted by Crippen LogP contribution is 2.45. The maximum Gasteiger partial charge on any atom is 0.472 e. The van der Waals surface area contributed by atoms with Gasteiger partial charge in [0.15, 0.2) is 12.2 Å². The number of phosphoric ester groups is 2. The normalized spacial score (nSPS) is 14.4. The first kappa shape index (κ1) is 84.1. The van der Waals surface area contributed by atoms with E-state index in [0.717, 1.165) is 114 Å². The molecule has 0 aliphatic heterocycles. The highest BCUT2D eigenvalue weighted by Gasteiger charge is 2.30. The van der Waals surface area contributed by atoms with E-state index in [1.54, 1.807) is 0 Å². The molecule has 0 saturated heterocycles. The number of hydrogen-bond acceptors (Lipinski definition) is 15. The number of ether oxygens (including phenoxy) is 4. The molecule has 0 saturated carbocycles. The topological polar surface area (TPSA) is 237 Å². The van der Waals surface area contributed by atoms with E-state index < -0.39 is 97.5 Å². The Morgan fingerprint density at radius 1 is 0.291 bits per heavy atom. The molecular formula is C67H130O17P2. The summed E-state index contributed by atoms with van der Waals surface area (Å²) in [5.41, 5.74) is 0. The van der Waals surface area contributed by atoms with Gasteiger partial charge >= 0.3 is 39.5 Å². The first-order valence-corrected chi connectivity index (χ1v) is 37.7. The number of phosphoric acid groups is 2. The van der Waals surface area contributed by atoms with Crippen LogP contribution in [0.25, 0.3) is 0 Å². The van der Waals surface area contributed by atoms with Gasteiger partial charge < -0.3 is 33.8 Å². The first-order chi connectivity index (χ1) is 41.1. The predicted molar refractivity (Wildman–Crippen MR) is 344 cm³/mol. The van der Waals surface area contributed by atoms with Crippen LogP contribution in [-0.4, -0.2) is 96.7 Å². The van der Waals surface area contributed by atoms with Gasteiger partial charge in [-0.2, -0.15) is 0 Å². The van der Waals surface area contributed by atoms with Crippen LogP contribution in [0, 0.1) is 23.7 Å². The zero-order valence-corrected chi connectivity index (χ0v) is 57.7. The Labute approximate surface area is 524 Å². The smallest absolute Gasteiger partial charge is 0.462 e. The molecule has 0 amide bonds. The monoisotopic (exact) mass is 1270 g/mol. The second-order valence-electron chi connectivity index (χ2n) is 26.1. The van der Waals surface area contributed by atoms with Gasteiger partial charge in [-0.3, -0.25) is 37.3 Å². The molecule has 0 aromatic rings. The lowest BCUT2D eigenvalue weighted by atomic mass is 10.0. The lowest BCUT2D eigenvalue weighted by Gasteiger charge is -2.21. The molecule has 3 N–H and O–H groups in total. The van der Waals surface area contributed by atoms with Crippen LogP contribution in [-0.2, 0) is 65.4 Å². The van der Waals surface area contributed by atoms with Crippen LogP contribution in [0.1, 0.15) is 325 Å². The Balaban J connectivity index is 5.25. The molecule has 2 unspecified atom stereocenters. The van der Waals surface area contributed by atoms with Crippen LogP contribution in [0.5, 0.6) is 0 Å². The fourth-order valence-electron chi connectivity index (χ4n) is 9.96. The molecule has 86 heavy (non-hydrogen) atoms. The Morgan fingerprint density at radius 2 is 0.488 bits per heavy atom. The van der Waals surface area contributed by atoms with Crippen molar-refractivity contribution in [1.82, 2.24) is 0 Å². The number of aliphatic hydroxyl groups is 1. The highest BCUT2D eigenvalue weighted by atomic mass is 31.2. The van der Waals surface area contributed by atoms with Crippen LogP contribution in [0.2, 0.25) is 0 Å². The second kappa shape index (κ2) is 57.0. The van der Waals surface area contributed by atoms with Gasteiger partial charge in [0.1, 0.15) is 19.3 Å². The van der Waals surface area contributed by atoms with Crippen molar-refractivity contribution in [2.75, 3.05) is 39.6 Å². The fourth-order valence-corrected chi connectivity index (χ4v) is 11.5. The third kappa shape index (κ3) is 60.9. The quantitative estimate of drug-likeness (QED) is 0.0222. The molecule has 0 rings (SSSR count). The lowest BCUT2D eigenvalue weighted by molar-refractivity contribution is -0.161. The molecule has 0 fully saturated rings. The zero-order chi connectivity index (χ0) is 63.9. The van der Waals surface area contributed by atoms with Crippen LogP contribution in [0.15, 0.2) is 0 Å². The van der Waals surface area contributed by atoms with Crippen LogP contribution >= 0.6 is 15.6 Å². The Bertz CT molecular complexity index is 1710. The van der Waals surface area contributed by atoms with E-state index >= 15 is 0 Å². The van der Waals surface area contributed by atoms with E-state index in [4.69, 9.17) is 37.0 Å². The van der Waals surface area contributed by atoms with Gasteiger partial charge in [0.05, 0.1) is 26.4 Å². The van der Waals surface area contributed by atoms with Crippen molar-refractivity contribution in [3.05, 3.63) is 0 Å². The fraction of sp³-hybridized carbons (Fsp3) is 0.940. The summed E-state index contributed by atoms with van der Waals surface area (Å²) in [6.07, 6.45) is 37.7. The van der Waals surface area contributed by atoms with Crippen molar-refractivity contribution in [3.63, 3.8) is 0 Å². The van der Waals surface area contributed by atoms with E-state index in [9.17, 15) is 43.2 Å². The molecular weight excluding hydrogens is 1140 g/mol. The molecule has 510 valence electrons. The molecule has 0 radical (unpaired) electrons. The van der Waals surface area contributed by atoms with Crippen LogP contribution in [0.3, 0.4) is 0 Å². The minimum Gasteiger partial charge on any atom is -0.462 e. The largest absolute Gasteiger partial charge is 0.472 e. The average molecular weight is 1270 g/mol. The second-order valence-corrected chi connectivity index (χ2v) is 29.0. The molecule has 5 atom stereocenters. The number of carbonyl (C=O) groups excluding carboxylic acids is 4. The number of unbranched alkanes of at least 4 members (excludes halogenated alkanes) is 30. The molecule has 0 heterocycles. The highest BCUT2D eigenvalue weighted by molar-refractivity contribution is 7.47. The lowest BCUT2D eigenvalue weighted by Crippen LogP contribution is -2.30. The third-order valence-electron chi connectivity index (χ3n) is 15.3. The molecule has 0 aliphatic carbocycles. The maximum atomic E-state index is 13.0. The van der Waals surface area contributed by atoms with Crippen molar-refractivity contribution in [1.29, 1.82) is 0 Å². The molecule has 0 bridgehead atoms. The zero-order valence-electron chi connectivity index (χ0n) is 55.9. The van der Waals surface area contributed by atoms with Crippen molar-refractivity contribution in [3.8, 4) is 0 Å². The van der Waals surface area contributed by atoms with Crippen LogP contribution < -0.4 is 0 Å². The summed E-state index contributed by atoms with van der Waals surface area (Å²) in [6, 6.07) is 0. The van der Waals surface area contributed by atoms with Gasteiger partial charge in [0.25, 0.3) is 0 Å². The SMILES string of the molecule is CC(C)CCCCCCCCCCCCCC(=O)O[C@H](COC(=O)CCCCCCCCCCCC(C)C)COP(=O)(O)OC[C@@H](O)COP(=O)(O)OC[C@@H](COC(=O)CCCCCCCCC(C)C)OC(=O)CCCCCCCCCCC(C)C. The van der Waals surface area contributed by atoms with Crippen molar-refractivity contribution in [2.45, 2.75) is 343 Å². The van der Waals surface area contributed by atoms with Gasteiger partial charge in [-0.25, -0.2) is 9.13 Å². The number of aliphatic hydroxyl groups excluding tert-OH is 1. The number of carbonyl (C=O) groups is 4. The summed E-state index contributed by atoms with van der Waals surface area (Å²) in [4.78, 5) is 72.3. The molecule has 0 aliphatic rings. The van der Waals surface area contributed by atoms with E-state index in [2.05, 4.69) is 55.4 Å². The van der Waals surface area contributed by atoms with Crippen molar-refractivity contribution in [2.24, 2.45) is 23.7 Å². The van der Waals surface area contributed by atoms with Crippen molar-refractivity contribution < 1.29 is 80.2 Å². The minimum atomic E-state index is -4.95. The van der Waals surface area contributed by atoms with Crippen LogP contribution in [0.4, 0.5) is 0 Å². The third-order valence-corrected chi connectivity index (χ3v) is 17.2. The van der Waals surface area contributed by atoms with E-state index in [0.29, 0.717) is 31.6 Å². The van der Waals surface area contributed by atoms with E-state index in [1.165, 1.54) is 122 Å². The Kier molecular flexibility index (Phi) is 55.7. The van der Waals surface area contributed by atoms with E-state index in [-0.39, 0.29) is 25.7 Å². The molecule has 0 aromatic heterocycles. The number of esters is 4. The minimum absolute atomic E-state index is 0.103. The van der Waals surface area contributed by atoms with Crippen molar-refractivity contribution >= 4 is 39.5 Å². The number of rotatable bonds is 64. The molecule has 0 aromatic carbocycles. The van der Waals surface area contributed by atoms with Gasteiger partial charge in [-0.15, -0.1) is 0 Å². The summed E-state index contributed by atoms with van der Waals surface area (Å²) in [5, 5.41) is 10.6. The standard InChI is InChI=1S/C67H130O17P2/c1-57(2)43-35-27-19-13-10-9-11-15-23-33-41-49-66(71)83-62(53-77-64(69)47-39-31-22-16-12-14-20-28-36-44-58(3)4)55-81-85(73,74)79-51-61(68)52-80-86(75,76)82-56-63(54-78-65(70)48-40-32-26-25-30-38-46-60(7)8)84-67(72)50-42-34-24-18-17-21-29-37-45-59(5)6/h57-63,68H,9-56H2,1-8H3,(H,73,74)(H,75,76)/t61-,62-,63-/m1/s1. The first-order valence-electron chi connectivity index (χ1n) is 34.7. The summed E-state index contributed by atoms with van der Waals surface area (Å²) < 4.78 is 68.1. The molecule has 0 spiro atoms. The predicted octanol–water partition coefficient (Wildman–Crippen LogP) is 18.5. The van der Waals surface area contributed by atoms with Gasteiger partial charge in [-0.05, 0) is 49.4 Å². The summed E-state index contributed by atoms with van der Waals surface area (Å²) in [5.74, 6) is 0.770. The number of hydrogen-bond donors (Lipinski definition) is 3. The van der Waals surface area contributed by atoms with Gasteiger partial charge in [0.2, 0.25) is 0 Å². The van der Waals surface area contributed by atoms with Gasteiger partial charge in [-0.1, -0.05) is 274 Å². The van der Waals surface area contributed by atoms with E-state index in [1.807, 2.05) is 0 Å². The van der Waals surface area contributed by atoms with Gasteiger partial charge in [0, 0.05) is 25.7 Å². The summed E-state index contributed by atoms with van der Waals surface area (Å²) in [6.45, 7) is 14.0. The average Bonchev–Trinajstić information content (AvgIpc) is 3.65. The Hall–Kier alpha value is -1.94. The summed E-state index contributed by atoms with van der Waals surface area (Å²) >= 11 is 0. The molecule has 17 nitrogen and oxygen atoms in total.